The number of fused-ring (bicyclic) bond motifs is 1. The van der Waals surface area contributed by atoms with E-state index in [0.717, 1.165) is 43.3 Å². The minimum Gasteiger partial charge on any atom is -0.368 e. The standard InChI is InChI=1S/C15H15FN6/c16-12-1-3-13(4-2-12)20-7-9-21(10-8-20)15-6-5-14-18-17-11-22(14)19-15/h1-6,11H,7-10H2. The minimum atomic E-state index is -0.200. The highest BCUT2D eigenvalue weighted by Crippen LogP contribution is 2.19. The average Bonchev–Trinajstić information content (AvgIpc) is 3.03. The molecule has 0 saturated carbocycles. The van der Waals surface area contributed by atoms with Crippen molar-refractivity contribution in [2.75, 3.05) is 36.0 Å². The van der Waals surface area contributed by atoms with Crippen LogP contribution in [0.2, 0.25) is 0 Å². The molecule has 3 aromatic rings. The van der Waals surface area contributed by atoms with Crippen molar-refractivity contribution in [1.29, 1.82) is 0 Å². The molecule has 1 aliphatic rings. The van der Waals surface area contributed by atoms with Crippen molar-refractivity contribution in [2.24, 2.45) is 0 Å². The Kier molecular flexibility index (Phi) is 3.10. The molecule has 0 radical (unpaired) electrons. The first-order valence-electron chi connectivity index (χ1n) is 7.22. The summed E-state index contributed by atoms with van der Waals surface area (Å²) in [6.45, 7) is 3.51. The number of benzene rings is 1. The van der Waals surface area contributed by atoms with E-state index >= 15 is 0 Å². The van der Waals surface area contributed by atoms with Gasteiger partial charge in [0, 0.05) is 31.9 Å². The van der Waals surface area contributed by atoms with Crippen LogP contribution in [0.5, 0.6) is 0 Å². The average molecular weight is 298 g/mol. The number of aromatic nitrogens is 4. The maximum absolute atomic E-state index is 13.0. The van der Waals surface area contributed by atoms with Gasteiger partial charge in [0.2, 0.25) is 0 Å². The second-order valence-corrected chi connectivity index (χ2v) is 5.28. The van der Waals surface area contributed by atoms with E-state index in [-0.39, 0.29) is 5.82 Å². The van der Waals surface area contributed by atoms with Crippen LogP contribution in [0.4, 0.5) is 15.9 Å². The molecule has 112 valence electrons. The molecule has 3 heterocycles. The number of hydrogen-bond acceptors (Lipinski definition) is 5. The highest BCUT2D eigenvalue weighted by molar-refractivity contribution is 5.50. The second-order valence-electron chi connectivity index (χ2n) is 5.28. The zero-order valence-corrected chi connectivity index (χ0v) is 11.9. The van der Waals surface area contributed by atoms with Crippen LogP contribution in [-0.2, 0) is 0 Å². The summed E-state index contributed by atoms with van der Waals surface area (Å²) < 4.78 is 14.7. The van der Waals surface area contributed by atoms with Gasteiger partial charge in [-0.05, 0) is 36.4 Å². The molecule has 0 bridgehead atoms. The van der Waals surface area contributed by atoms with E-state index in [2.05, 4.69) is 25.1 Å². The molecule has 1 fully saturated rings. The first-order chi connectivity index (χ1) is 10.8. The van der Waals surface area contributed by atoms with Crippen molar-refractivity contribution in [2.45, 2.75) is 0 Å². The summed E-state index contributed by atoms with van der Waals surface area (Å²) in [6, 6.07) is 10.5. The van der Waals surface area contributed by atoms with E-state index in [4.69, 9.17) is 0 Å². The van der Waals surface area contributed by atoms with Crippen molar-refractivity contribution < 1.29 is 4.39 Å². The predicted octanol–water partition coefficient (Wildman–Crippen LogP) is 1.59. The van der Waals surface area contributed by atoms with E-state index in [1.54, 1.807) is 10.8 Å². The topological polar surface area (TPSA) is 49.6 Å². The summed E-state index contributed by atoms with van der Waals surface area (Å²) in [5, 5.41) is 12.3. The molecule has 1 saturated heterocycles. The van der Waals surface area contributed by atoms with Gasteiger partial charge in [-0.15, -0.1) is 15.3 Å². The molecule has 1 aromatic carbocycles. The summed E-state index contributed by atoms with van der Waals surface area (Å²) in [5.74, 6) is 0.722. The van der Waals surface area contributed by atoms with Crippen LogP contribution >= 0.6 is 0 Å². The third-order valence-electron chi connectivity index (χ3n) is 3.94. The van der Waals surface area contributed by atoms with E-state index in [0.29, 0.717) is 0 Å². The molecule has 0 spiro atoms. The molecule has 0 unspecified atom stereocenters. The normalized spacial score (nSPS) is 15.5. The molecular weight excluding hydrogens is 283 g/mol. The van der Waals surface area contributed by atoms with Gasteiger partial charge in [-0.1, -0.05) is 0 Å². The number of piperazine rings is 1. The smallest absolute Gasteiger partial charge is 0.177 e. The Balaban J connectivity index is 1.47. The van der Waals surface area contributed by atoms with E-state index in [9.17, 15) is 4.39 Å². The monoisotopic (exact) mass is 298 g/mol. The van der Waals surface area contributed by atoms with Crippen molar-refractivity contribution >= 4 is 17.2 Å². The van der Waals surface area contributed by atoms with Crippen molar-refractivity contribution in [3.8, 4) is 0 Å². The zero-order valence-electron chi connectivity index (χ0n) is 11.9. The van der Waals surface area contributed by atoms with Crippen molar-refractivity contribution in [1.82, 2.24) is 19.8 Å². The highest BCUT2D eigenvalue weighted by Gasteiger charge is 2.18. The summed E-state index contributed by atoms with van der Waals surface area (Å²) in [4.78, 5) is 4.49. The molecule has 2 aromatic heterocycles. The molecule has 1 aliphatic heterocycles. The summed E-state index contributed by atoms with van der Waals surface area (Å²) in [7, 11) is 0. The minimum absolute atomic E-state index is 0.200. The molecule has 6 nitrogen and oxygen atoms in total. The van der Waals surface area contributed by atoms with Crippen LogP contribution in [0.15, 0.2) is 42.7 Å². The summed E-state index contributed by atoms with van der Waals surface area (Å²) in [6.07, 6.45) is 1.60. The van der Waals surface area contributed by atoms with Crippen LogP contribution in [0.25, 0.3) is 5.65 Å². The maximum Gasteiger partial charge on any atom is 0.177 e. The fourth-order valence-electron chi connectivity index (χ4n) is 2.73. The van der Waals surface area contributed by atoms with Gasteiger partial charge in [0.05, 0.1) is 0 Å². The number of rotatable bonds is 2. The number of halogens is 1. The summed E-state index contributed by atoms with van der Waals surface area (Å²) in [5.41, 5.74) is 1.80. The molecule has 22 heavy (non-hydrogen) atoms. The highest BCUT2D eigenvalue weighted by atomic mass is 19.1. The third kappa shape index (κ3) is 2.34. The Morgan fingerprint density at radius 2 is 1.59 bits per heavy atom. The summed E-state index contributed by atoms with van der Waals surface area (Å²) >= 11 is 0. The van der Waals surface area contributed by atoms with Gasteiger partial charge in [-0.3, -0.25) is 0 Å². The largest absolute Gasteiger partial charge is 0.368 e. The lowest BCUT2D eigenvalue weighted by Gasteiger charge is -2.36. The fraction of sp³-hybridized carbons (Fsp3) is 0.267. The Labute approximate surface area is 126 Å². The van der Waals surface area contributed by atoms with Crippen LogP contribution in [-0.4, -0.2) is 46.0 Å². The number of nitrogens with zero attached hydrogens (tertiary/aromatic N) is 6. The molecular formula is C15H15FN6. The van der Waals surface area contributed by atoms with Gasteiger partial charge < -0.3 is 9.80 Å². The first kappa shape index (κ1) is 13.0. The fourth-order valence-corrected chi connectivity index (χ4v) is 2.73. The lowest BCUT2D eigenvalue weighted by atomic mass is 10.2. The second kappa shape index (κ2) is 5.25. The molecule has 7 heteroatoms. The molecule has 0 amide bonds. The van der Waals surface area contributed by atoms with Gasteiger partial charge in [0.25, 0.3) is 0 Å². The molecule has 0 atom stereocenters. The van der Waals surface area contributed by atoms with Gasteiger partial charge in [-0.2, -0.15) is 4.52 Å². The predicted molar refractivity (Wildman–Crippen MR) is 81.6 cm³/mol. The van der Waals surface area contributed by atoms with Crippen LogP contribution in [0.1, 0.15) is 0 Å². The van der Waals surface area contributed by atoms with Gasteiger partial charge >= 0.3 is 0 Å². The molecule has 0 N–H and O–H groups in total. The van der Waals surface area contributed by atoms with Gasteiger partial charge in [0.1, 0.15) is 18.0 Å². The SMILES string of the molecule is Fc1ccc(N2CCN(c3ccc4nncn4n3)CC2)cc1. The van der Waals surface area contributed by atoms with Crippen LogP contribution < -0.4 is 9.80 Å². The first-order valence-corrected chi connectivity index (χ1v) is 7.22. The van der Waals surface area contributed by atoms with Crippen LogP contribution in [0.3, 0.4) is 0 Å². The molecule has 4 rings (SSSR count). The quantitative estimate of drug-likeness (QED) is 0.719. The Morgan fingerprint density at radius 3 is 2.36 bits per heavy atom. The van der Waals surface area contributed by atoms with Crippen molar-refractivity contribution in [3.05, 3.63) is 48.5 Å². The third-order valence-corrected chi connectivity index (χ3v) is 3.94. The maximum atomic E-state index is 13.0. The molecule has 0 aliphatic carbocycles. The van der Waals surface area contributed by atoms with E-state index in [1.165, 1.54) is 12.1 Å². The van der Waals surface area contributed by atoms with Crippen molar-refractivity contribution in [3.63, 3.8) is 0 Å². The van der Waals surface area contributed by atoms with Gasteiger partial charge in [-0.25, -0.2) is 4.39 Å². The Hall–Kier alpha value is -2.70. The van der Waals surface area contributed by atoms with Gasteiger partial charge in [0.15, 0.2) is 5.65 Å². The van der Waals surface area contributed by atoms with E-state index < -0.39 is 0 Å². The Morgan fingerprint density at radius 1 is 0.864 bits per heavy atom. The van der Waals surface area contributed by atoms with Crippen LogP contribution in [0, 0.1) is 5.82 Å². The lowest BCUT2D eigenvalue weighted by Crippen LogP contribution is -2.46. The number of anilines is 2. The van der Waals surface area contributed by atoms with E-state index in [1.807, 2.05) is 24.3 Å². The Bertz CT molecular complexity index is 776. The number of hydrogen-bond donors (Lipinski definition) is 0. The lowest BCUT2D eigenvalue weighted by molar-refractivity contribution is 0.623. The zero-order chi connectivity index (χ0) is 14.9.